The van der Waals surface area contributed by atoms with Gasteiger partial charge in [0.05, 0.1) is 23.4 Å². The van der Waals surface area contributed by atoms with Crippen molar-refractivity contribution < 1.29 is 14.3 Å². The maximum absolute atomic E-state index is 12.4. The molecule has 0 saturated heterocycles. The van der Waals surface area contributed by atoms with Gasteiger partial charge in [0.1, 0.15) is 5.76 Å². The molecule has 124 valence electrons. The molecular formula is C17H13Cl2NO3S. The molecule has 1 unspecified atom stereocenters. The van der Waals surface area contributed by atoms with Gasteiger partial charge in [0.25, 0.3) is 5.91 Å². The molecule has 2 N–H and O–H groups in total. The Labute approximate surface area is 152 Å². The van der Waals surface area contributed by atoms with E-state index in [1.807, 2.05) is 11.4 Å². The average Bonchev–Trinajstić information content (AvgIpc) is 3.25. The zero-order valence-corrected chi connectivity index (χ0v) is 14.7. The van der Waals surface area contributed by atoms with E-state index in [2.05, 4.69) is 5.32 Å². The zero-order valence-electron chi connectivity index (χ0n) is 12.3. The van der Waals surface area contributed by atoms with Gasteiger partial charge in [-0.3, -0.25) is 4.79 Å². The highest BCUT2D eigenvalue weighted by Crippen LogP contribution is 2.32. The number of aliphatic hydroxyl groups is 1. The van der Waals surface area contributed by atoms with Gasteiger partial charge in [-0.15, -0.1) is 11.3 Å². The monoisotopic (exact) mass is 381 g/mol. The second-order valence-electron chi connectivity index (χ2n) is 5.12. The van der Waals surface area contributed by atoms with Crippen LogP contribution in [-0.4, -0.2) is 17.6 Å². The summed E-state index contributed by atoms with van der Waals surface area (Å²) < 4.78 is 5.36. The Morgan fingerprint density at radius 2 is 2.08 bits per heavy atom. The minimum atomic E-state index is -1.45. The summed E-state index contributed by atoms with van der Waals surface area (Å²) in [5.74, 6) is -0.0503. The van der Waals surface area contributed by atoms with Gasteiger partial charge in [-0.2, -0.15) is 0 Å². The number of benzene rings is 1. The molecule has 4 nitrogen and oxygen atoms in total. The van der Waals surface area contributed by atoms with E-state index in [4.69, 9.17) is 27.6 Å². The molecule has 3 aromatic rings. The van der Waals surface area contributed by atoms with Crippen molar-refractivity contribution in [3.63, 3.8) is 0 Å². The van der Waals surface area contributed by atoms with Crippen molar-refractivity contribution in [3.05, 3.63) is 80.4 Å². The summed E-state index contributed by atoms with van der Waals surface area (Å²) in [6, 6.07) is 11.6. The first-order valence-electron chi connectivity index (χ1n) is 7.04. The first-order valence-corrected chi connectivity index (χ1v) is 8.68. The number of carbonyl (C=O) groups is 1. The van der Waals surface area contributed by atoms with Crippen LogP contribution >= 0.6 is 34.5 Å². The topological polar surface area (TPSA) is 62.5 Å². The van der Waals surface area contributed by atoms with Gasteiger partial charge in [0, 0.05) is 9.90 Å². The van der Waals surface area contributed by atoms with Crippen molar-refractivity contribution in [2.75, 3.05) is 6.54 Å². The third-order valence-corrected chi connectivity index (χ3v) is 5.11. The van der Waals surface area contributed by atoms with Gasteiger partial charge < -0.3 is 14.8 Å². The Kier molecular flexibility index (Phi) is 4.96. The van der Waals surface area contributed by atoms with E-state index in [0.29, 0.717) is 15.7 Å². The number of carbonyl (C=O) groups excluding carboxylic acids is 1. The number of amides is 1. The van der Waals surface area contributed by atoms with E-state index in [9.17, 15) is 9.90 Å². The van der Waals surface area contributed by atoms with E-state index >= 15 is 0 Å². The van der Waals surface area contributed by atoms with Crippen LogP contribution in [-0.2, 0) is 5.60 Å². The molecule has 0 aliphatic carbocycles. The van der Waals surface area contributed by atoms with Crippen LogP contribution in [0.5, 0.6) is 0 Å². The zero-order chi connectivity index (χ0) is 17.2. The molecule has 0 spiro atoms. The van der Waals surface area contributed by atoms with Crippen molar-refractivity contribution in [3.8, 4) is 0 Å². The molecule has 3 rings (SSSR count). The summed E-state index contributed by atoms with van der Waals surface area (Å²) in [4.78, 5) is 13.1. The van der Waals surface area contributed by atoms with Crippen molar-refractivity contribution >= 4 is 40.4 Å². The van der Waals surface area contributed by atoms with Crippen LogP contribution in [0, 0.1) is 0 Å². The number of hydrogen-bond donors (Lipinski definition) is 2. The van der Waals surface area contributed by atoms with Crippen molar-refractivity contribution in [2.45, 2.75) is 5.60 Å². The van der Waals surface area contributed by atoms with Crippen LogP contribution in [0.1, 0.15) is 21.0 Å². The second-order valence-corrected chi connectivity index (χ2v) is 6.91. The Bertz CT molecular complexity index is 797. The van der Waals surface area contributed by atoms with Crippen molar-refractivity contribution in [2.24, 2.45) is 0 Å². The summed E-state index contributed by atoms with van der Waals surface area (Å²) in [5, 5.41) is 16.3. The number of thiophene rings is 1. The van der Waals surface area contributed by atoms with Crippen LogP contribution in [0.3, 0.4) is 0 Å². The highest BCUT2D eigenvalue weighted by Gasteiger charge is 2.36. The molecule has 1 amide bonds. The van der Waals surface area contributed by atoms with Gasteiger partial charge in [0.2, 0.25) is 0 Å². The van der Waals surface area contributed by atoms with Gasteiger partial charge >= 0.3 is 0 Å². The Morgan fingerprint density at radius 3 is 2.71 bits per heavy atom. The van der Waals surface area contributed by atoms with Gasteiger partial charge in [-0.05, 0) is 41.8 Å². The average molecular weight is 382 g/mol. The number of nitrogens with one attached hydrogen (secondary N) is 1. The molecule has 0 fully saturated rings. The summed E-state index contributed by atoms with van der Waals surface area (Å²) in [6.45, 7) is -0.0567. The molecule has 0 radical (unpaired) electrons. The Balaban J connectivity index is 1.83. The lowest BCUT2D eigenvalue weighted by Crippen LogP contribution is -2.41. The quantitative estimate of drug-likeness (QED) is 0.691. The van der Waals surface area contributed by atoms with Crippen molar-refractivity contribution in [1.29, 1.82) is 0 Å². The minimum absolute atomic E-state index is 0.0567. The molecular weight excluding hydrogens is 369 g/mol. The molecule has 0 bridgehead atoms. The lowest BCUT2D eigenvalue weighted by Gasteiger charge is -2.25. The van der Waals surface area contributed by atoms with E-state index < -0.39 is 11.5 Å². The highest BCUT2D eigenvalue weighted by molar-refractivity contribution is 7.10. The summed E-state index contributed by atoms with van der Waals surface area (Å²) in [6.07, 6.45) is 1.48. The first kappa shape index (κ1) is 17.0. The lowest BCUT2D eigenvalue weighted by atomic mass is 9.98. The first-order chi connectivity index (χ1) is 11.5. The summed E-state index contributed by atoms with van der Waals surface area (Å²) >= 11 is 13.3. The molecule has 2 aromatic heterocycles. The van der Waals surface area contributed by atoms with Crippen LogP contribution in [0.15, 0.2) is 58.5 Å². The predicted molar refractivity (Wildman–Crippen MR) is 94.8 cm³/mol. The highest BCUT2D eigenvalue weighted by atomic mass is 35.5. The van der Waals surface area contributed by atoms with Gasteiger partial charge in [-0.25, -0.2) is 0 Å². The molecule has 1 aromatic carbocycles. The van der Waals surface area contributed by atoms with Crippen LogP contribution < -0.4 is 5.32 Å². The second kappa shape index (κ2) is 6.99. The number of furan rings is 1. The predicted octanol–water partition coefficient (Wildman–Crippen LogP) is 4.31. The largest absolute Gasteiger partial charge is 0.466 e. The lowest BCUT2D eigenvalue weighted by molar-refractivity contribution is 0.0554. The number of hydrogen-bond acceptors (Lipinski definition) is 4. The number of rotatable bonds is 5. The van der Waals surface area contributed by atoms with E-state index in [1.165, 1.54) is 29.7 Å². The molecule has 0 aliphatic rings. The fourth-order valence-electron chi connectivity index (χ4n) is 2.30. The normalized spacial score (nSPS) is 13.5. The standard InChI is InChI=1S/C17H13Cl2NO3S/c18-11-5-6-12(13(19)9-11)16(21)20-10-17(22,14-3-1-7-23-14)15-4-2-8-24-15/h1-9,22H,10H2,(H,20,21). The minimum Gasteiger partial charge on any atom is -0.466 e. The summed E-state index contributed by atoms with van der Waals surface area (Å²) in [7, 11) is 0. The molecule has 1 atom stereocenters. The SMILES string of the molecule is O=C(NCC(O)(c1ccco1)c1cccs1)c1ccc(Cl)cc1Cl. The van der Waals surface area contributed by atoms with Crippen LogP contribution in [0.4, 0.5) is 0 Å². The van der Waals surface area contributed by atoms with E-state index in [0.717, 1.165) is 0 Å². The summed E-state index contributed by atoms with van der Waals surface area (Å²) in [5.41, 5.74) is -1.17. The van der Waals surface area contributed by atoms with E-state index in [1.54, 1.807) is 24.3 Å². The fraction of sp³-hybridized carbons (Fsp3) is 0.118. The molecule has 0 saturated carbocycles. The van der Waals surface area contributed by atoms with Gasteiger partial charge in [-0.1, -0.05) is 29.3 Å². The molecule has 2 heterocycles. The van der Waals surface area contributed by atoms with Crippen LogP contribution in [0.2, 0.25) is 10.0 Å². The molecule has 7 heteroatoms. The molecule has 24 heavy (non-hydrogen) atoms. The van der Waals surface area contributed by atoms with Gasteiger partial charge in [0.15, 0.2) is 5.60 Å². The Hall–Kier alpha value is -1.79. The third-order valence-electron chi connectivity index (χ3n) is 3.54. The Morgan fingerprint density at radius 1 is 1.25 bits per heavy atom. The van der Waals surface area contributed by atoms with E-state index in [-0.39, 0.29) is 17.1 Å². The smallest absolute Gasteiger partial charge is 0.252 e. The maximum Gasteiger partial charge on any atom is 0.252 e. The van der Waals surface area contributed by atoms with Crippen LogP contribution in [0.25, 0.3) is 0 Å². The third kappa shape index (κ3) is 3.35. The molecule has 0 aliphatic heterocycles. The fourth-order valence-corrected chi connectivity index (χ4v) is 3.62. The maximum atomic E-state index is 12.4. The van der Waals surface area contributed by atoms with Crippen molar-refractivity contribution in [1.82, 2.24) is 5.32 Å². The number of halogens is 2.